The highest BCUT2D eigenvalue weighted by atomic mass is 32.1. The number of rotatable bonds is 5. The van der Waals surface area contributed by atoms with Crippen LogP contribution in [0.4, 0.5) is 17.1 Å². The summed E-state index contributed by atoms with van der Waals surface area (Å²) >= 11 is 1.87. The van der Waals surface area contributed by atoms with Crippen LogP contribution < -0.4 is 4.90 Å². The van der Waals surface area contributed by atoms with E-state index in [0.29, 0.717) is 0 Å². The lowest BCUT2D eigenvalue weighted by atomic mass is 9.88. The highest BCUT2D eigenvalue weighted by Gasteiger charge is 2.25. The summed E-state index contributed by atoms with van der Waals surface area (Å²) < 4.78 is 2.59. The zero-order valence-corrected chi connectivity index (χ0v) is 28.1. The van der Waals surface area contributed by atoms with Crippen LogP contribution >= 0.6 is 11.3 Å². The smallest absolute Gasteiger partial charge is 0.0625 e. The van der Waals surface area contributed by atoms with Gasteiger partial charge in [-0.2, -0.15) is 0 Å². The summed E-state index contributed by atoms with van der Waals surface area (Å²) in [4.78, 5) is 2.50. The van der Waals surface area contributed by atoms with Gasteiger partial charge in [0.15, 0.2) is 0 Å². The Kier molecular flexibility index (Phi) is 6.75. The van der Waals surface area contributed by atoms with E-state index in [0.717, 1.165) is 11.4 Å². The summed E-state index contributed by atoms with van der Waals surface area (Å²) in [6.45, 7) is 0. The molecule has 0 saturated carbocycles. The topological polar surface area (TPSA) is 3.24 Å². The molecule has 50 heavy (non-hydrogen) atoms. The number of hydrogen-bond donors (Lipinski definition) is 0. The fourth-order valence-corrected chi connectivity index (χ4v) is 8.90. The molecule has 0 radical (unpaired) electrons. The van der Waals surface area contributed by atoms with Crippen molar-refractivity contribution in [2.24, 2.45) is 0 Å². The highest BCUT2D eigenvalue weighted by molar-refractivity contribution is 7.25. The fourth-order valence-electron chi connectivity index (χ4n) is 7.77. The van der Waals surface area contributed by atoms with Gasteiger partial charge in [-0.1, -0.05) is 158 Å². The molecular formula is C48H31NS. The van der Waals surface area contributed by atoms with E-state index < -0.39 is 0 Å². The number of nitrogens with zero attached hydrogens (tertiary/aromatic N) is 1. The first-order valence-electron chi connectivity index (χ1n) is 17.1. The van der Waals surface area contributed by atoms with Crippen molar-refractivity contribution in [2.45, 2.75) is 0 Å². The fraction of sp³-hybridized carbons (Fsp3) is 0. The summed E-state index contributed by atoms with van der Waals surface area (Å²) in [6.07, 6.45) is 0. The molecule has 2 heteroatoms. The molecule has 234 valence electrons. The van der Waals surface area contributed by atoms with E-state index in [9.17, 15) is 0 Å². The monoisotopic (exact) mass is 653 g/mol. The SMILES string of the molecule is c1ccc(-c2ccc(N(c3ccc4c(c3)sc3ccccc34)c3c(-c4cccc5ccccc45)c4ccccc4c4ccccc34)cc2)cc1. The quantitative estimate of drug-likeness (QED) is 0.167. The van der Waals surface area contributed by atoms with Crippen LogP contribution in [0, 0.1) is 0 Å². The second-order valence-electron chi connectivity index (χ2n) is 12.9. The zero-order chi connectivity index (χ0) is 33.0. The van der Waals surface area contributed by atoms with Crippen LogP contribution in [0.2, 0.25) is 0 Å². The number of thiophene rings is 1. The first-order valence-corrected chi connectivity index (χ1v) is 17.9. The Balaban J connectivity index is 1.33. The molecule has 0 fully saturated rings. The molecule has 0 saturated heterocycles. The summed E-state index contributed by atoms with van der Waals surface area (Å²) in [5.74, 6) is 0. The second-order valence-corrected chi connectivity index (χ2v) is 14.0. The van der Waals surface area contributed by atoms with Crippen molar-refractivity contribution in [1.82, 2.24) is 0 Å². The van der Waals surface area contributed by atoms with Gasteiger partial charge >= 0.3 is 0 Å². The van der Waals surface area contributed by atoms with Crippen LogP contribution in [0.25, 0.3) is 74.7 Å². The molecule has 0 spiro atoms. The Morgan fingerprint density at radius 3 is 1.70 bits per heavy atom. The van der Waals surface area contributed by atoms with Crippen molar-refractivity contribution in [3.63, 3.8) is 0 Å². The van der Waals surface area contributed by atoms with Crippen LogP contribution in [0.5, 0.6) is 0 Å². The molecule has 0 N–H and O–H groups in total. The second kappa shape index (κ2) is 11.7. The largest absolute Gasteiger partial charge is 0.309 e. The van der Waals surface area contributed by atoms with Crippen molar-refractivity contribution in [3.8, 4) is 22.3 Å². The van der Waals surface area contributed by atoms with E-state index >= 15 is 0 Å². The minimum atomic E-state index is 1.12. The standard InChI is InChI=1S/C48H31NS/c1-2-13-32(14-3-1)33-25-27-35(28-26-33)49(36-29-30-41-40-20-10-11-24-45(40)50-46(41)31-36)48-44-22-9-7-19-39(44)38-18-6-8-21-43(38)47(48)42-23-12-16-34-15-4-5-17-37(34)42/h1-31H. The van der Waals surface area contributed by atoms with Crippen LogP contribution in [0.3, 0.4) is 0 Å². The molecule has 1 nitrogen and oxygen atoms in total. The molecule has 0 aliphatic carbocycles. The predicted octanol–water partition coefficient (Wildman–Crippen LogP) is 14.3. The normalized spacial score (nSPS) is 11.6. The van der Waals surface area contributed by atoms with E-state index in [4.69, 9.17) is 0 Å². The van der Waals surface area contributed by atoms with Gasteiger partial charge < -0.3 is 4.90 Å². The molecule has 1 aromatic heterocycles. The van der Waals surface area contributed by atoms with Crippen molar-refractivity contribution < 1.29 is 0 Å². The van der Waals surface area contributed by atoms with Gasteiger partial charge in [-0.15, -0.1) is 11.3 Å². The molecule has 10 rings (SSSR count). The van der Waals surface area contributed by atoms with Crippen molar-refractivity contribution in [1.29, 1.82) is 0 Å². The van der Waals surface area contributed by atoms with Gasteiger partial charge in [-0.3, -0.25) is 0 Å². The Hall–Kier alpha value is -6.22. The zero-order valence-electron chi connectivity index (χ0n) is 27.3. The maximum atomic E-state index is 2.50. The summed E-state index contributed by atoms with van der Waals surface area (Å²) in [7, 11) is 0. The molecule has 10 aromatic rings. The van der Waals surface area contributed by atoms with Crippen molar-refractivity contribution >= 4 is 80.9 Å². The number of anilines is 3. The summed E-state index contributed by atoms with van der Waals surface area (Å²) in [5.41, 5.74) is 8.32. The maximum absolute atomic E-state index is 2.50. The summed E-state index contributed by atoms with van der Waals surface area (Å²) in [5, 5.41) is 10.1. The van der Waals surface area contributed by atoms with E-state index in [1.54, 1.807) is 0 Å². The lowest BCUT2D eigenvalue weighted by Crippen LogP contribution is -2.12. The molecule has 0 amide bonds. The highest BCUT2D eigenvalue weighted by Crippen LogP contribution is 2.51. The van der Waals surface area contributed by atoms with E-state index in [2.05, 4.69) is 193 Å². The van der Waals surface area contributed by atoms with Gasteiger partial charge in [0.1, 0.15) is 0 Å². The third-order valence-electron chi connectivity index (χ3n) is 10.0. The molecule has 9 aromatic carbocycles. The van der Waals surface area contributed by atoms with Crippen LogP contribution in [-0.2, 0) is 0 Å². The van der Waals surface area contributed by atoms with E-state index in [-0.39, 0.29) is 0 Å². The van der Waals surface area contributed by atoms with Crippen molar-refractivity contribution in [2.75, 3.05) is 4.90 Å². The average molecular weight is 654 g/mol. The molecule has 0 atom stereocenters. The molecular weight excluding hydrogens is 623 g/mol. The molecule has 0 aliphatic rings. The van der Waals surface area contributed by atoms with E-state index in [1.807, 2.05) is 11.3 Å². The predicted molar refractivity (Wildman–Crippen MR) is 217 cm³/mol. The summed E-state index contributed by atoms with van der Waals surface area (Å²) in [6, 6.07) is 68.8. The van der Waals surface area contributed by atoms with Gasteiger partial charge in [-0.25, -0.2) is 0 Å². The third kappa shape index (κ3) is 4.61. The Morgan fingerprint density at radius 1 is 0.340 bits per heavy atom. The number of hydrogen-bond acceptors (Lipinski definition) is 2. The molecule has 0 unspecified atom stereocenters. The maximum Gasteiger partial charge on any atom is 0.0625 e. The molecule has 0 aliphatic heterocycles. The Labute approximate surface area is 294 Å². The van der Waals surface area contributed by atoms with Crippen molar-refractivity contribution in [3.05, 3.63) is 188 Å². The number of fused-ring (bicyclic) bond motifs is 7. The first-order chi connectivity index (χ1) is 24.8. The average Bonchev–Trinajstić information content (AvgIpc) is 3.56. The third-order valence-corrected chi connectivity index (χ3v) is 11.2. The number of benzene rings is 9. The minimum absolute atomic E-state index is 1.12. The van der Waals surface area contributed by atoms with Gasteiger partial charge in [0.25, 0.3) is 0 Å². The van der Waals surface area contributed by atoms with Crippen LogP contribution in [0.15, 0.2) is 188 Å². The lowest BCUT2D eigenvalue weighted by Gasteiger charge is -2.31. The van der Waals surface area contributed by atoms with Gasteiger partial charge in [0.05, 0.1) is 5.69 Å². The van der Waals surface area contributed by atoms with Gasteiger partial charge in [0, 0.05) is 42.5 Å². The molecule has 1 heterocycles. The molecule has 0 bridgehead atoms. The minimum Gasteiger partial charge on any atom is -0.309 e. The Morgan fingerprint density at radius 2 is 0.900 bits per heavy atom. The first kappa shape index (κ1) is 28.8. The lowest BCUT2D eigenvalue weighted by molar-refractivity contribution is 1.31. The van der Waals surface area contributed by atoms with Crippen LogP contribution in [0.1, 0.15) is 0 Å². The van der Waals surface area contributed by atoms with Crippen LogP contribution in [-0.4, -0.2) is 0 Å². The van der Waals surface area contributed by atoms with Gasteiger partial charge in [0.2, 0.25) is 0 Å². The van der Waals surface area contributed by atoms with Gasteiger partial charge in [-0.05, 0) is 74.0 Å². The Bertz CT molecular complexity index is 2860. The van der Waals surface area contributed by atoms with E-state index in [1.165, 1.54) is 80.4 Å².